The third-order valence-corrected chi connectivity index (χ3v) is 8.16. The minimum Gasteiger partial charge on any atom is -0.378 e. The Labute approximate surface area is 159 Å². The Bertz CT molecular complexity index is 819. The van der Waals surface area contributed by atoms with Gasteiger partial charge in [0.2, 0.25) is 0 Å². The molecule has 2 fully saturated rings. The van der Waals surface area contributed by atoms with Gasteiger partial charge in [-0.25, -0.2) is 8.42 Å². The predicted molar refractivity (Wildman–Crippen MR) is 109 cm³/mol. The van der Waals surface area contributed by atoms with E-state index in [0.29, 0.717) is 5.17 Å². The predicted octanol–water partition coefficient (Wildman–Crippen LogP) is 2.40. The zero-order valence-corrected chi connectivity index (χ0v) is 17.2. The summed E-state index contributed by atoms with van der Waals surface area (Å²) in [5.74, 6) is -0.0279. The molecule has 8 heteroatoms. The van der Waals surface area contributed by atoms with Gasteiger partial charge in [0.15, 0.2) is 15.0 Å². The second-order valence-electron chi connectivity index (χ2n) is 7.12. The minimum atomic E-state index is -3.05. The summed E-state index contributed by atoms with van der Waals surface area (Å²) in [6.45, 7) is 3.83. The third-order valence-electron chi connectivity index (χ3n) is 4.95. The molecule has 1 amide bonds. The molecule has 0 unspecified atom stereocenters. The fourth-order valence-electron chi connectivity index (χ4n) is 3.16. The lowest BCUT2D eigenvalue weighted by Gasteiger charge is -2.25. The Hall–Kier alpha value is -1.54. The number of fused-ring (bicyclic) bond motifs is 1. The number of aliphatic imine (C=N–C) groups is 1. The smallest absolute Gasteiger partial charge is 0.250 e. The first-order valence-electron chi connectivity index (χ1n) is 8.78. The van der Waals surface area contributed by atoms with E-state index in [9.17, 15) is 13.2 Å². The van der Waals surface area contributed by atoms with Gasteiger partial charge in [0.05, 0.1) is 17.5 Å². The first-order valence-corrected chi connectivity index (χ1v) is 11.5. The van der Waals surface area contributed by atoms with Gasteiger partial charge in [-0.3, -0.25) is 4.79 Å². The van der Waals surface area contributed by atoms with Gasteiger partial charge < -0.3 is 9.80 Å². The molecule has 0 aliphatic carbocycles. The highest BCUT2D eigenvalue weighted by molar-refractivity contribution is 8.16. The molecule has 1 aromatic rings. The van der Waals surface area contributed by atoms with E-state index < -0.39 is 9.84 Å². The molecule has 0 N–H and O–H groups in total. The molecule has 142 valence electrons. The number of anilines is 2. The molecule has 26 heavy (non-hydrogen) atoms. The molecule has 0 bridgehead atoms. The van der Waals surface area contributed by atoms with Crippen molar-refractivity contribution in [1.29, 1.82) is 0 Å². The average Bonchev–Trinajstić information content (AvgIpc) is 3.04. The summed E-state index contributed by atoms with van der Waals surface area (Å²) < 4.78 is 24.2. The second-order valence-corrected chi connectivity index (χ2v) is 10.5. The van der Waals surface area contributed by atoms with E-state index >= 15 is 0 Å². The van der Waals surface area contributed by atoms with Gasteiger partial charge in [0.1, 0.15) is 0 Å². The van der Waals surface area contributed by atoms with Crippen LogP contribution in [0.5, 0.6) is 0 Å². The summed E-state index contributed by atoms with van der Waals surface area (Å²) in [6.07, 6.45) is 0.735. The highest BCUT2D eigenvalue weighted by Crippen LogP contribution is 2.41. The van der Waals surface area contributed by atoms with Crippen LogP contribution < -0.4 is 9.80 Å². The first-order chi connectivity index (χ1) is 12.2. The molecule has 2 saturated heterocycles. The summed E-state index contributed by atoms with van der Waals surface area (Å²) in [6, 6.07) is 7.74. The highest BCUT2D eigenvalue weighted by atomic mass is 32.2. The maximum atomic E-state index is 12.3. The Morgan fingerprint density at radius 1 is 1.31 bits per heavy atom. The maximum absolute atomic E-state index is 12.3. The van der Waals surface area contributed by atoms with Crippen molar-refractivity contribution in [1.82, 2.24) is 0 Å². The Morgan fingerprint density at radius 3 is 2.54 bits per heavy atom. The summed E-state index contributed by atoms with van der Waals surface area (Å²) in [7, 11) is 0.889. The Morgan fingerprint density at radius 2 is 1.96 bits per heavy atom. The van der Waals surface area contributed by atoms with E-state index in [1.165, 1.54) is 11.8 Å². The van der Waals surface area contributed by atoms with Crippen LogP contribution >= 0.6 is 11.8 Å². The SMILES string of the molecule is CC[C@@H](C)C(=O)N=C1S[C@@H]2CS(=O)(=O)C[C@@H]2N1c1ccc(N(C)C)cc1. The molecule has 3 rings (SSSR count). The van der Waals surface area contributed by atoms with Crippen molar-refractivity contribution in [2.24, 2.45) is 10.9 Å². The van der Waals surface area contributed by atoms with Crippen LogP contribution in [-0.2, 0) is 14.6 Å². The van der Waals surface area contributed by atoms with Gasteiger partial charge in [0.25, 0.3) is 5.91 Å². The zero-order valence-electron chi connectivity index (χ0n) is 15.5. The summed E-state index contributed by atoms with van der Waals surface area (Å²) >= 11 is 1.42. The van der Waals surface area contributed by atoms with Crippen LogP contribution in [0.3, 0.4) is 0 Å². The minimum absolute atomic E-state index is 0.0722. The monoisotopic (exact) mass is 395 g/mol. The van der Waals surface area contributed by atoms with Crippen molar-refractivity contribution >= 4 is 44.0 Å². The number of rotatable bonds is 4. The molecular formula is C18H25N3O3S2. The molecule has 2 aliphatic rings. The van der Waals surface area contributed by atoms with Crippen molar-refractivity contribution in [2.45, 2.75) is 31.6 Å². The van der Waals surface area contributed by atoms with Crippen LogP contribution in [0.4, 0.5) is 11.4 Å². The van der Waals surface area contributed by atoms with Crippen molar-refractivity contribution in [3.05, 3.63) is 24.3 Å². The standard InChI is InChI=1S/C18H25N3O3S2/c1-5-12(2)17(22)19-18-21(14-8-6-13(7-9-14)20(3)4)15-10-26(23,24)11-16(15)25-18/h6-9,12,15-16H,5,10-11H2,1-4H3/t12-,15+,16-/m1/s1. The van der Waals surface area contributed by atoms with Crippen LogP contribution in [0.2, 0.25) is 0 Å². The molecule has 6 nitrogen and oxygen atoms in total. The Balaban J connectivity index is 1.97. The number of hydrogen-bond donors (Lipinski definition) is 0. The zero-order chi connectivity index (χ0) is 19.1. The molecule has 0 spiro atoms. The van der Waals surface area contributed by atoms with Gasteiger partial charge in [-0.2, -0.15) is 4.99 Å². The average molecular weight is 396 g/mol. The molecule has 1 aromatic carbocycles. The molecule has 0 radical (unpaired) electrons. The van der Waals surface area contributed by atoms with Gasteiger partial charge >= 0.3 is 0 Å². The van der Waals surface area contributed by atoms with Gasteiger partial charge in [-0.1, -0.05) is 25.6 Å². The van der Waals surface area contributed by atoms with Crippen molar-refractivity contribution in [2.75, 3.05) is 35.4 Å². The maximum Gasteiger partial charge on any atom is 0.250 e. The van der Waals surface area contributed by atoms with Crippen LogP contribution in [0.1, 0.15) is 20.3 Å². The van der Waals surface area contributed by atoms with E-state index in [1.807, 2.05) is 62.0 Å². The van der Waals surface area contributed by atoms with Gasteiger partial charge in [0, 0.05) is 36.6 Å². The van der Waals surface area contributed by atoms with Crippen LogP contribution in [0, 0.1) is 5.92 Å². The number of amides is 1. The van der Waals surface area contributed by atoms with E-state index in [2.05, 4.69) is 4.99 Å². The van der Waals surface area contributed by atoms with Gasteiger partial charge in [-0.05, 0) is 30.7 Å². The normalized spacial score (nSPS) is 26.8. The summed E-state index contributed by atoms with van der Waals surface area (Å²) in [5, 5.41) is 0.551. The topological polar surface area (TPSA) is 70.0 Å². The van der Waals surface area contributed by atoms with E-state index in [4.69, 9.17) is 0 Å². The lowest BCUT2D eigenvalue weighted by Crippen LogP contribution is -2.37. The largest absolute Gasteiger partial charge is 0.378 e. The van der Waals surface area contributed by atoms with Crippen molar-refractivity contribution in [3.63, 3.8) is 0 Å². The van der Waals surface area contributed by atoms with E-state index in [1.54, 1.807) is 0 Å². The molecular weight excluding hydrogens is 370 g/mol. The summed E-state index contributed by atoms with van der Waals surface area (Å²) in [5.41, 5.74) is 1.94. The third kappa shape index (κ3) is 3.76. The number of sulfone groups is 1. The number of thioether (sulfide) groups is 1. The lowest BCUT2D eigenvalue weighted by atomic mass is 10.1. The van der Waals surface area contributed by atoms with E-state index in [-0.39, 0.29) is 34.6 Å². The van der Waals surface area contributed by atoms with Crippen molar-refractivity contribution < 1.29 is 13.2 Å². The number of carbonyl (C=O) groups excluding carboxylic acids is 1. The van der Waals surface area contributed by atoms with Gasteiger partial charge in [-0.15, -0.1) is 0 Å². The molecule has 2 aliphatic heterocycles. The molecule has 3 atom stereocenters. The van der Waals surface area contributed by atoms with Crippen LogP contribution in [-0.4, -0.2) is 56.4 Å². The number of carbonyl (C=O) groups is 1. The fourth-order valence-corrected chi connectivity index (χ4v) is 7.08. The molecule has 2 heterocycles. The first kappa shape index (κ1) is 19.2. The number of amidine groups is 1. The fraction of sp³-hybridized carbons (Fsp3) is 0.556. The molecule has 0 saturated carbocycles. The number of benzene rings is 1. The molecule has 0 aromatic heterocycles. The Kier molecular flexibility index (Phi) is 5.35. The van der Waals surface area contributed by atoms with Crippen LogP contribution in [0.25, 0.3) is 0 Å². The van der Waals surface area contributed by atoms with Crippen LogP contribution in [0.15, 0.2) is 29.3 Å². The van der Waals surface area contributed by atoms with Crippen molar-refractivity contribution in [3.8, 4) is 0 Å². The number of nitrogens with zero attached hydrogens (tertiary/aromatic N) is 3. The second kappa shape index (κ2) is 7.23. The lowest BCUT2D eigenvalue weighted by molar-refractivity contribution is -0.121. The number of hydrogen-bond acceptors (Lipinski definition) is 5. The summed E-state index contributed by atoms with van der Waals surface area (Å²) in [4.78, 5) is 20.6. The quantitative estimate of drug-likeness (QED) is 0.780. The van der Waals surface area contributed by atoms with E-state index in [0.717, 1.165) is 17.8 Å². The highest BCUT2D eigenvalue weighted by Gasteiger charge is 2.49.